The monoisotopic (exact) mass is 223 g/mol. The molecule has 0 saturated heterocycles. The molecule has 1 nitrogen and oxygen atoms in total. The average molecular weight is 223 g/mol. The van der Waals surface area contributed by atoms with E-state index in [0.717, 1.165) is 35.8 Å². The zero-order chi connectivity index (χ0) is 11.7. The summed E-state index contributed by atoms with van der Waals surface area (Å²) in [6.45, 7) is 9.60. The van der Waals surface area contributed by atoms with Crippen molar-refractivity contribution in [2.24, 2.45) is 23.7 Å². The lowest BCUT2D eigenvalue weighted by Crippen LogP contribution is -2.51. The van der Waals surface area contributed by atoms with Crippen LogP contribution >= 0.6 is 0 Å². The van der Waals surface area contributed by atoms with Crippen molar-refractivity contribution < 1.29 is 0 Å². The lowest BCUT2D eigenvalue weighted by molar-refractivity contribution is 0.126. The zero-order valence-electron chi connectivity index (χ0n) is 11.5. The molecule has 2 aliphatic rings. The van der Waals surface area contributed by atoms with E-state index in [-0.39, 0.29) is 0 Å². The summed E-state index contributed by atoms with van der Waals surface area (Å²) in [4.78, 5) is 0. The second kappa shape index (κ2) is 5.08. The third-order valence-corrected chi connectivity index (χ3v) is 4.85. The topological polar surface area (TPSA) is 12.0 Å². The van der Waals surface area contributed by atoms with E-state index < -0.39 is 0 Å². The van der Waals surface area contributed by atoms with E-state index in [1.54, 1.807) is 0 Å². The van der Waals surface area contributed by atoms with Gasteiger partial charge in [0.1, 0.15) is 0 Å². The molecule has 3 unspecified atom stereocenters. The van der Waals surface area contributed by atoms with Gasteiger partial charge >= 0.3 is 0 Å². The molecule has 2 fully saturated rings. The lowest BCUT2D eigenvalue weighted by Gasteiger charge is -2.43. The van der Waals surface area contributed by atoms with Gasteiger partial charge in [-0.3, -0.25) is 0 Å². The van der Waals surface area contributed by atoms with Crippen molar-refractivity contribution in [1.82, 2.24) is 5.32 Å². The molecule has 0 radical (unpaired) electrons. The minimum atomic E-state index is 0.807. The van der Waals surface area contributed by atoms with Crippen LogP contribution in [0.5, 0.6) is 0 Å². The van der Waals surface area contributed by atoms with Gasteiger partial charge in [0, 0.05) is 12.1 Å². The number of hydrogen-bond donors (Lipinski definition) is 1. The molecule has 3 atom stereocenters. The van der Waals surface area contributed by atoms with Crippen LogP contribution in [0.3, 0.4) is 0 Å². The van der Waals surface area contributed by atoms with Gasteiger partial charge in [-0.1, -0.05) is 34.1 Å². The molecule has 16 heavy (non-hydrogen) atoms. The van der Waals surface area contributed by atoms with Crippen LogP contribution in [0.25, 0.3) is 0 Å². The molecule has 0 spiro atoms. The van der Waals surface area contributed by atoms with E-state index in [4.69, 9.17) is 0 Å². The van der Waals surface area contributed by atoms with Crippen LogP contribution in [0.15, 0.2) is 0 Å². The molecule has 0 amide bonds. The zero-order valence-corrected chi connectivity index (χ0v) is 11.5. The van der Waals surface area contributed by atoms with Gasteiger partial charge in [0.25, 0.3) is 0 Å². The second-order valence-corrected chi connectivity index (χ2v) is 6.87. The highest BCUT2D eigenvalue weighted by atomic mass is 15.0. The van der Waals surface area contributed by atoms with Crippen LogP contribution in [0, 0.1) is 23.7 Å². The Kier molecular flexibility index (Phi) is 3.94. The molecule has 2 aliphatic carbocycles. The highest BCUT2D eigenvalue weighted by Gasteiger charge is 2.34. The predicted molar refractivity (Wildman–Crippen MR) is 70.5 cm³/mol. The number of hydrogen-bond acceptors (Lipinski definition) is 1. The first-order valence-electron chi connectivity index (χ1n) is 7.32. The number of rotatable bonds is 3. The van der Waals surface area contributed by atoms with Crippen molar-refractivity contribution >= 4 is 0 Å². The summed E-state index contributed by atoms with van der Waals surface area (Å²) in [6.07, 6.45) is 7.12. The Labute approximate surface area is 101 Å². The predicted octanol–water partition coefficient (Wildman–Crippen LogP) is 3.84. The first-order chi connectivity index (χ1) is 7.56. The standard InChI is InChI=1S/C15H29N/c1-10(2)14-6-5-11(3)9-15(14)16-13-7-12(4)8-13/h10-16H,5-9H2,1-4H3. The van der Waals surface area contributed by atoms with Crippen LogP contribution in [0.1, 0.15) is 59.8 Å². The molecule has 1 heteroatoms. The molecule has 0 bridgehead atoms. The summed E-state index contributed by atoms with van der Waals surface area (Å²) in [7, 11) is 0. The number of nitrogens with one attached hydrogen (secondary N) is 1. The van der Waals surface area contributed by atoms with Gasteiger partial charge in [0.15, 0.2) is 0 Å². The fourth-order valence-electron chi connectivity index (χ4n) is 3.74. The summed E-state index contributed by atoms with van der Waals surface area (Å²) >= 11 is 0. The SMILES string of the molecule is CC1CC(NC2CC(C)CCC2C(C)C)C1. The van der Waals surface area contributed by atoms with Gasteiger partial charge in [0.05, 0.1) is 0 Å². The Morgan fingerprint density at radius 3 is 2.19 bits per heavy atom. The quantitative estimate of drug-likeness (QED) is 0.766. The van der Waals surface area contributed by atoms with Crippen LogP contribution < -0.4 is 5.32 Å². The highest BCUT2D eigenvalue weighted by Crippen LogP contribution is 2.36. The Morgan fingerprint density at radius 2 is 1.62 bits per heavy atom. The second-order valence-electron chi connectivity index (χ2n) is 6.87. The first-order valence-corrected chi connectivity index (χ1v) is 7.32. The maximum absolute atomic E-state index is 3.95. The Morgan fingerprint density at radius 1 is 0.938 bits per heavy atom. The van der Waals surface area contributed by atoms with E-state index in [1.165, 1.54) is 32.1 Å². The Bertz CT molecular complexity index is 217. The van der Waals surface area contributed by atoms with E-state index in [0.29, 0.717) is 0 Å². The average Bonchev–Trinajstić information content (AvgIpc) is 2.15. The summed E-state index contributed by atoms with van der Waals surface area (Å²) in [6, 6.07) is 1.65. The molecular weight excluding hydrogens is 194 g/mol. The minimum absolute atomic E-state index is 0.807. The smallest absolute Gasteiger partial charge is 0.0103 e. The van der Waals surface area contributed by atoms with E-state index >= 15 is 0 Å². The Hall–Kier alpha value is -0.0400. The van der Waals surface area contributed by atoms with Gasteiger partial charge < -0.3 is 5.32 Å². The van der Waals surface area contributed by atoms with Gasteiger partial charge in [-0.25, -0.2) is 0 Å². The van der Waals surface area contributed by atoms with Gasteiger partial charge in [0.2, 0.25) is 0 Å². The highest BCUT2D eigenvalue weighted by molar-refractivity contribution is 4.91. The van der Waals surface area contributed by atoms with Crippen LogP contribution in [-0.2, 0) is 0 Å². The molecule has 1 N–H and O–H groups in total. The summed E-state index contributed by atoms with van der Waals surface area (Å²) in [5.74, 6) is 3.68. The van der Waals surface area contributed by atoms with Gasteiger partial charge in [-0.05, 0) is 49.4 Å². The van der Waals surface area contributed by atoms with Crippen molar-refractivity contribution in [3.05, 3.63) is 0 Å². The maximum Gasteiger partial charge on any atom is 0.0103 e. The largest absolute Gasteiger partial charge is 0.311 e. The third-order valence-electron chi connectivity index (χ3n) is 4.85. The molecule has 2 saturated carbocycles. The molecule has 0 heterocycles. The third kappa shape index (κ3) is 2.80. The van der Waals surface area contributed by atoms with Crippen molar-refractivity contribution in [2.75, 3.05) is 0 Å². The molecule has 0 aromatic rings. The minimum Gasteiger partial charge on any atom is -0.311 e. The van der Waals surface area contributed by atoms with E-state index in [9.17, 15) is 0 Å². The van der Waals surface area contributed by atoms with Crippen molar-refractivity contribution in [1.29, 1.82) is 0 Å². The van der Waals surface area contributed by atoms with Crippen molar-refractivity contribution in [3.63, 3.8) is 0 Å². The summed E-state index contributed by atoms with van der Waals surface area (Å²) < 4.78 is 0. The van der Waals surface area contributed by atoms with Gasteiger partial charge in [-0.15, -0.1) is 0 Å². The van der Waals surface area contributed by atoms with Crippen LogP contribution in [-0.4, -0.2) is 12.1 Å². The summed E-state index contributed by atoms with van der Waals surface area (Å²) in [5, 5.41) is 3.95. The molecule has 2 rings (SSSR count). The fraction of sp³-hybridized carbons (Fsp3) is 1.00. The molecular formula is C15H29N. The van der Waals surface area contributed by atoms with Crippen molar-refractivity contribution in [2.45, 2.75) is 71.9 Å². The fourth-order valence-corrected chi connectivity index (χ4v) is 3.74. The normalized spacial score (nSPS) is 44.4. The lowest BCUT2D eigenvalue weighted by atomic mass is 9.72. The van der Waals surface area contributed by atoms with E-state index in [2.05, 4.69) is 33.0 Å². The van der Waals surface area contributed by atoms with Crippen molar-refractivity contribution in [3.8, 4) is 0 Å². The van der Waals surface area contributed by atoms with Crippen LogP contribution in [0.4, 0.5) is 0 Å². The molecule has 0 aromatic carbocycles. The molecule has 94 valence electrons. The Balaban J connectivity index is 1.87. The first kappa shape index (κ1) is 12.4. The molecule has 0 aliphatic heterocycles. The molecule has 0 aromatic heterocycles. The van der Waals surface area contributed by atoms with Crippen LogP contribution in [0.2, 0.25) is 0 Å². The summed E-state index contributed by atoms with van der Waals surface area (Å²) in [5.41, 5.74) is 0. The van der Waals surface area contributed by atoms with E-state index in [1.807, 2.05) is 0 Å². The van der Waals surface area contributed by atoms with Gasteiger partial charge in [-0.2, -0.15) is 0 Å². The maximum atomic E-state index is 3.95.